The second-order valence-electron chi connectivity index (χ2n) is 3.94. The van der Waals surface area contributed by atoms with Crippen molar-refractivity contribution in [2.75, 3.05) is 14.2 Å². The highest BCUT2D eigenvalue weighted by molar-refractivity contribution is 6.01. The lowest BCUT2D eigenvalue weighted by molar-refractivity contribution is 0.0600. The summed E-state index contributed by atoms with van der Waals surface area (Å²) in [5.41, 5.74) is 7.33. The van der Waals surface area contributed by atoms with Crippen molar-refractivity contribution >= 4 is 17.5 Å². The molecule has 1 rings (SSSR count). The summed E-state index contributed by atoms with van der Waals surface area (Å²) in [7, 11) is 2.82. The van der Waals surface area contributed by atoms with E-state index in [-0.39, 0.29) is 5.84 Å². The molecule has 0 aliphatic carbocycles. The van der Waals surface area contributed by atoms with Crippen molar-refractivity contribution in [2.45, 2.75) is 0 Å². The lowest BCUT2D eigenvalue weighted by atomic mass is 10.1. The summed E-state index contributed by atoms with van der Waals surface area (Å²) in [5, 5.41) is 0. The number of benzene rings is 1. The molecular formula is C16H18N2O3. The maximum Gasteiger partial charge on any atom is 0.337 e. The monoisotopic (exact) mass is 286 g/mol. The van der Waals surface area contributed by atoms with Gasteiger partial charge in [0.1, 0.15) is 17.3 Å². The largest absolute Gasteiger partial charge is 0.494 e. The first-order chi connectivity index (χ1) is 10.1. The van der Waals surface area contributed by atoms with E-state index in [9.17, 15) is 4.79 Å². The highest BCUT2D eigenvalue weighted by Crippen LogP contribution is 2.29. The Morgan fingerprint density at radius 1 is 1.33 bits per heavy atom. The van der Waals surface area contributed by atoms with Crippen LogP contribution in [0.1, 0.15) is 10.4 Å². The van der Waals surface area contributed by atoms with E-state index < -0.39 is 5.97 Å². The van der Waals surface area contributed by atoms with Gasteiger partial charge < -0.3 is 15.2 Å². The van der Waals surface area contributed by atoms with Gasteiger partial charge in [-0.1, -0.05) is 31.4 Å². The van der Waals surface area contributed by atoms with Gasteiger partial charge in [-0.3, -0.25) is 0 Å². The Morgan fingerprint density at radius 2 is 2.05 bits per heavy atom. The summed E-state index contributed by atoms with van der Waals surface area (Å²) in [4.78, 5) is 15.8. The molecule has 110 valence electrons. The molecule has 0 fully saturated rings. The zero-order valence-electron chi connectivity index (χ0n) is 12.1. The van der Waals surface area contributed by atoms with Crippen molar-refractivity contribution in [1.29, 1.82) is 0 Å². The maximum absolute atomic E-state index is 11.6. The van der Waals surface area contributed by atoms with Crippen LogP contribution in [-0.2, 0) is 4.74 Å². The zero-order valence-corrected chi connectivity index (χ0v) is 12.1. The van der Waals surface area contributed by atoms with Crippen LogP contribution in [0.3, 0.4) is 0 Å². The number of hydrogen-bond acceptors (Lipinski definition) is 4. The fourth-order valence-electron chi connectivity index (χ4n) is 1.60. The summed E-state index contributed by atoms with van der Waals surface area (Å²) in [6, 6.07) is 4.77. The first-order valence-corrected chi connectivity index (χ1v) is 6.13. The fourth-order valence-corrected chi connectivity index (χ4v) is 1.60. The molecule has 0 aromatic heterocycles. The molecule has 0 aliphatic heterocycles. The van der Waals surface area contributed by atoms with Crippen LogP contribution < -0.4 is 10.5 Å². The van der Waals surface area contributed by atoms with E-state index in [0.717, 1.165) is 0 Å². The Bertz CT molecular complexity index is 616. The number of ether oxygens (including phenoxy) is 2. The van der Waals surface area contributed by atoms with Gasteiger partial charge in [-0.15, -0.1) is 0 Å². The molecule has 0 unspecified atom stereocenters. The maximum atomic E-state index is 11.6. The number of carbonyl (C=O) groups is 1. The molecule has 0 aliphatic rings. The average molecular weight is 286 g/mol. The SMILES string of the molecule is C=C/C=C(\C=C)C(N)=Nc1cc(C(=O)OC)ccc1OC. The van der Waals surface area contributed by atoms with Crippen LogP contribution in [0.25, 0.3) is 0 Å². The van der Waals surface area contributed by atoms with Crippen LogP contribution in [0.4, 0.5) is 5.69 Å². The molecule has 21 heavy (non-hydrogen) atoms. The minimum absolute atomic E-state index is 0.241. The lowest BCUT2D eigenvalue weighted by Gasteiger charge is -2.08. The average Bonchev–Trinajstić information content (AvgIpc) is 2.51. The molecule has 0 bridgehead atoms. The van der Waals surface area contributed by atoms with Crippen molar-refractivity contribution in [2.24, 2.45) is 10.7 Å². The number of carbonyl (C=O) groups excluding carboxylic acids is 1. The molecule has 0 heterocycles. The van der Waals surface area contributed by atoms with E-state index in [1.54, 1.807) is 36.4 Å². The number of aliphatic imine (C=N–C) groups is 1. The van der Waals surface area contributed by atoms with Crippen molar-refractivity contribution in [3.8, 4) is 5.75 Å². The number of nitrogens with two attached hydrogens (primary N) is 1. The Hall–Kier alpha value is -2.82. The third kappa shape index (κ3) is 4.07. The first-order valence-electron chi connectivity index (χ1n) is 6.13. The van der Waals surface area contributed by atoms with Crippen molar-refractivity contribution in [3.05, 3.63) is 60.7 Å². The van der Waals surface area contributed by atoms with Crippen LogP contribution in [0.2, 0.25) is 0 Å². The molecule has 0 spiro atoms. The predicted molar refractivity (Wildman–Crippen MR) is 84.1 cm³/mol. The van der Waals surface area contributed by atoms with Crippen LogP contribution in [0, 0.1) is 0 Å². The number of esters is 1. The Kier molecular flexibility index (Phi) is 5.95. The highest BCUT2D eigenvalue weighted by Gasteiger charge is 2.10. The third-order valence-corrected chi connectivity index (χ3v) is 2.65. The van der Waals surface area contributed by atoms with Gasteiger partial charge in [-0.25, -0.2) is 9.79 Å². The van der Waals surface area contributed by atoms with Gasteiger partial charge in [0.2, 0.25) is 0 Å². The van der Waals surface area contributed by atoms with E-state index in [0.29, 0.717) is 22.6 Å². The van der Waals surface area contributed by atoms with Gasteiger partial charge >= 0.3 is 5.97 Å². The number of nitrogens with zero attached hydrogens (tertiary/aromatic N) is 1. The van der Waals surface area contributed by atoms with Crippen LogP contribution in [0.15, 0.2) is 60.2 Å². The Labute approximate surface area is 124 Å². The summed E-state index contributed by atoms with van der Waals surface area (Å²) >= 11 is 0. The summed E-state index contributed by atoms with van der Waals surface area (Å²) in [6.45, 7) is 7.26. The van der Waals surface area contributed by atoms with E-state index in [1.807, 2.05) is 0 Å². The van der Waals surface area contributed by atoms with E-state index in [4.69, 9.17) is 10.5 Å². The van der Waals surface area contributed by atoms with Crippen LogP contribution >= 0.6 is 0 Å². The minimum Gasteiger partial charge on any atom is -0.494 e. The molecule has 0 saturated heterocycles. The molecule has 0 radical (unpaired) electrons. The van der Waals surface area contributed by atoms with Crippen molar-refractivity contribution in [3.63, 3.8) is 0 Å². The van der Waals surface area contributed by atoms with Gasteiger partial charge in [-0.05, 0) is 18.2 Å². The van der Waals surface area contributed by atoms with Gasteiger partial charge in [0, 0.05) is 5.57 Å². The molecule has 5 heteroatoms. The van der Waals surface area contributed by atoms with Gasteiger partial charge in [0.15, 0.2) is 0 Å². The van der Waals surface area contributed by atoms with Crippen LogP contribution in [0.5, 0.6) is 5.75 Å². The van der Waals surface area contributed by atoms with Crippen molar-refractivity contribution < 1.29 is 14.3 Å². The van der Waals surface area contributed by atoms with Crippen molar-refractivity contribution in [1.82, 2.24) is 0 Å². The lowest BCUT2D eigenvalue weighted by Crippen LogP contribution is -2.13. The van der Waals surface area contributed by atoms with E-state index in [1.165, 1.54) is 14.2 Å². The van der Waals surface area contributed by atoms with Gasteiger partial charge in [0.25, 0.3) is 0 Å². The fraction of sp³-hybridized carbons (Fsp3) is 0.125. The molecule has 0 atom stereocenters. The normalized spacial score (nSPS) is 11.7. The number of rotatable bonds is 6. The molecule has 1 aromatic carbocycles. The second-order valence-corrected chi connectivity index (χ2v) is 3.94. The Morgan fingerprint density at radius 3 is 2.57 bits per heavy atom. The predicted octanol–water partition coefficient (Wildman–Crippen LogP) is 2.77. The molecule has 0 saturated carbocycles. The number of amidine groups is 1. The molecule has 5 nitrogen and oxygen atoms in total. The Balaban J connectivity index is 3.33. The summed E-state index contributed by atoms with van der Waals surface area (Å²) in [6.07, 6.45) is 4.83. The van der Waals surface area contributed by atoms with E-state index >= 15 is 0 Å². The second kappa shape index (κ2) is 7.69. The topological polar surface area (TPSA) is 73.9 Å². The van der Waals surface area contributed by atoms with Gasteiger partial charge in [-0.2, -0.15) is 0 Å². The zero-order chi connectivity index (χ0) is 15.8. The first kappa shape index (κ1) is 16.2. The molecular weight excluding hydrogens is 268 g/mol. The quantitative estimate of drug-likeness (QED) is 0.378. The number of methoxy groups -OCH3 is 2. The highest BCUT2D eigenvalue weighted by atomic mass is 16.5. The molecule has 0 amide bonds. The van der Waals surface area contributed by atoms with E-state index in [2.05, 4.69) is 22.9 Å². The minimum atomic E-state index is -0.460. The third-order valence-electron chi connectivity index (χ3n) is 2.65. The number of hydrogen-bond donors (Lipinski definition) is 1. The number of allylic oxidation sites excluding steroid dienone is 2. The molecule has 1 aromatic rings. The standard InChI is InChI=1S/C16H18N2O3/c1-5-7-11(6-2)15(17)18-13-10-12(16(19)21-4)8-9-14(13)20-3/h5-10H,1-2H2,3-4H3,(H2,17,18)/b11-7+. The smallest absolute Gasteiger partial charge is 0.337 e. The van der Waals surface area contributed by atoms with Gasteiger partial charge in [0.05, 0.1) is 19.8 Å². The summed E-state index contributed by atoms with van der Waals surface area (Å²) in [5.74, 6) is 0.274. The van der Waals surface area contributed by atoms with Crippen LogP contribution in [-0.4, -0.2) is 26.0 Å². The summed E-state index contributed by atoms with van der Waals surface area (Å²) < 4.78 is 9.88. The molecule has 2 N–H and O–H groups in total.